The fourth-order valence-electron chi connectivity index (χ4n) is 3.42. The van der Waals surface area contributed by atoms with Gasteiger partial charge in [0.05, 0.1) is 25.5 Å². The van der Waals surface area contributed by atoms with Crippen LogP contribution in [-0.4, -0.2) is 42.5 Å². The SMILES string of the molecule is COC(=O)COc1cccc(NC(=O)c2cn(-c3ccc(C)cc3)nc2-c2cccc(OC)c2)c1. The van der Waals surface area contributed by atoms with Crippen molar-refractivity contribution in [2.24, 2.45) is 0 Å². The number of anilines is 1. The summed E-state index contributed by atoms with van der Waals surface area (Å²) in [6, 6.07) is 22.0. The van der Waals surface area contributed by atoms with Crippen molar-refractivity contribution >= 4 is 17.6 Å². The molecule has 8 nitrogen and oxygen atoms in total. The number of esters is 1. The minimum absolute atomic E-state index is 0.225. The van der Waals surface area contributed by atoms with E-state index in [1.165, 1.54) is 7.11 Å². The van der Waals surface area contributed by atoms with Crippen molar-refractivity contribution < 1.29 is 23.8 Å². The first-order valence-corrected chi connectivity index (χ1v) is 10.9. The highest BCUT2D eigenvalue weighted by Gasteiger charge is 2.20. The molecule has 1 amide bonds. The van der Waals surface area contributed by atoms with E-state index in [4.69, 9.17) is 14.6 Å². The van der Waals surface area contributed by atoms with Gasteiger partial charge in [0.1, 0.15) is 17.2 Å². The van der Waals surface area contributed by atoms with Crippen LogP contribution in [0.3, 0.4) is 0 Å². The second-order valence-electron chi connectivity index (χ2n) is 7.75. The molecule has 0 spiro atoms. The lowest BCUT2D eigenvalue weighted by molar-refractivity contribution is -0.142. The molecule has 0 aliphatic carbocycles. The van der Waals surface area contributed by atoms with Crippen LogP contribution in [0.1, 0.15) is 15.9 Å². The molecule has 0 aliphatic heterocycles. The fraction of sp³-hybridized carbons (Fsp3) is 0.148. The maximum atomic E-state index is 13.4. The van der Waals surface area contributed by atoms with Crippen LogP contribution in [0.2, 0.25) is 0 Å². The van der Waals surface area contributed by atoms with Gasteiger partial charge < -0.3 is 19.5 Å². The molecule has 0 radical (unpaired) electrons. The van der Waals surface area contributed by atoms with Crippen LogP contribution in [0.15, 0.2) is 79.0 Å². The van der Waals surface area contributed by atoms with Crippen LogP contribution >= 0.6 is 0 Å². The molecule has 1 heterocycles. The van der Waals surface area contributed by atoms with Gasteiger partial charge in [-0.1, -0.05) is 35.9 Å². The Morgan fingerprint density at radius 2 is 1.69 bits per heavy atom. The lowest BCUT2D eigenvalue weighted by Gasteiger charge is -2.09. The van der Waals surface area contributed by atoms with E-state index in [2.05, 4.69) is 10.1 Å². The smallest absolute Gasteiger partial charge is 0.343 e. The molecule has 35 heavy (non-hydrogen) atoms. The molecule has 0 unspecified atom stereocenters. The summed E-state index contributed by atoms with van der Waals surface area (Å²) in [5.41, 5.74) is 4.12. The van der Waals surface area contributed by atoms with Crippen molar-refractivity contribution in [3.63, 3.8) is 0 Å². The maximum Gasteiger partial charge on any atom is 0.343 e. The van der Waals surface area contributed by atoms with E-state index in [-0.39, 0.29) is 12.5 Å². The Morgan fingerprint density at radius 3 is 2.43 bits per heavy atom. The quantitative estimate of drug-likeness (QED) is 0.376. The predicted octanol–water partition coefficient (Wildman–Crippen LogP) is 4.66. The summed E-state index contributed by atoms with van der Waals surface area (Å²) in [7, 11) is 2.88. The van der Waals surface area contributed by atoms with Crippen LogP contribution < -0.4 is 14.8 Å². The first-order chi connectivity index (χ1) is 17.0. The number of ether oxygens (including phenoxy) is 3. The standard InChI is InChI=1S/C27H25N3O5/c1-18-10-12-21(13-11-18)30-16-24(26(29-30)19-6-4-8-22(14-19)33-2)27(32)28-20-7-5-9-23(15-20)35-17-25(31)34-3/h4-16H,17H2,1-3H3,(H,28,32). The van der Waals surface area contributed by atoms with Crippen molar-refractivity contribution in [2.75, 3.05) is 26.1 Å². The summed E-state index contributed by atoms with van der Waals surface area (Å²) in [6.07, 6.45) is 1.70. The summed E-state index contributed by atoms with van der Waals surface area (Å²) >= 11 is 0. The second-order valence-corrected chi connectivity index (χ2v) is 7.75. The van der Waals surface area contributed by atoms with Crippen molar-refractivity contribution in [3.05, 3.63) is 90.1 Å². The average Bonchev–Trinajstić information content (AvgIpc) is 3.34. The predicted molar refractivity (Wildman–Crippen MR) is 132 cm³/mol. The third kappa shape index (κ3) is 5.67. The number of nitrogens with zero attached hydrogens (tertiary/aromatic N) is 2. The van der Waals surface area contributed by atoms with E-state index in [0.717, 1.165) is 16.8 Å². The van der Waals surface area contributed by atoms with E-state index in [9.17, 15) is 9.59 Å². The Hall–Kier alpha value is -4.59. The van der Waals surface area contributed by atoms with Crippen LogP contribution in [0.5, 0.6) is 11.5 Å². The molecule has 4 rings (SSSR count). The van der Waals surface area contributed by atoms with E-state index >= 15 is 0 Å². The first kappa shape index (κ1) is 23.6. The Morgan fingerprint density at radius 1 is 0.943 bits per heavy atom. The van der Waals surface area contributed by atoms with E-state index in [1.54, 1.807) is 42.3 Å². The molecule has 8 heteroatoms. The minimum Gasteiger partial charge on any atom is -0.497 e. The number of aryl methyl sites for hydroxylation is 1. The normalized spacial score (nSPS) is 10.5. The van der Waals surface area contributed by atoms with Crippen molar-refractivity contribution in [1.82, 2.24) is 9.78 Å². The largest absolute Gasteiger partial charge is 0.497 e. The zero-order valence-corrected chi connectivity index (χ0v) is 19.6. The molecule has 0 atom stereocenters. The summed E-state index contributed by atoms with van der Waals surface area (Å²) in [5.74, 6) is 0.253. The summed E-state index contributed by atoms with van der Waals surface area (Å²) in [5, 5.41) is 7.61. The van der Waals surface area contributed by atoms with Gasteiger partial charge in [0.15, 0.2) is 6.61 Å². The number of rotatable bonds is 8. The molecule has 4 aromatic rings. The van der Waals surface area contributed by atoms with Crippen LogP contribution in [0, 0.1) is 6.92 Å². The lowest BCUT2D eigenvalue weighted by atomic mass is 10.1. The highest BCUT2D eigenvalue weighted by atomic mass is 16.6. The summed E-state index contributed by atoms with van der Waals surface area (Å²) in [4.78, 5) is 24.7. The van der Waals surface area contributed by atoms with Crippen molar-refractivity contribution in [1.29, 1.82) is 0 Å². The van der Waals surface area contributed by atoms with Gasteiger partial charge in [0.2, 0.25) is 0 Å². The van der Waals surface area contributed by atoms with Gasteiger partial charge in [0, 0.05) is 23.5 Å². The molecule has 1 aromatic heterocycles. The minimum atomic E-state index is -0.495. The van der Waals surface area contributed by atoms with Gasteiger partial charge in [-0.2, -0.15) is 5.10 Å². The molecule has 0 saturated carbocycles. The molecule has 3 aromatic carbocycles. The topological polar surface area (TPSA) is 91.7 Å². The highest BCUT2D eigenvalue weighted by molar-refractivity contribution is 6.08. The van der Waals surface area contributed by atoms with Crippen molar-refractivity contribution in [2.45, 2.75) is 6.92 Å². The zero-order valence-electron chi connectivity index (χ0n) is 19.6. The summed E-state index contributed by atoms with van der Waals surface area (Å²) < 4.78 is 17.0. The maximum absolute atomic E-state index is 13.4. The number of nitrogens with one attached hydrogen (secondary N) is 1. The fourth-order valence-corrected chi connectivity index (χ4v) is 3.42. The molecule has 0 saturated heterocycles. The number of amides is 1. The van der Waals surface area contributed by atoms with Crippen LogP contribution in [0.4, 0.5) is 5.69 Å². The van der Waals surface area contributed by atoms with Crippen LogP contribution in [0.25, 0.3) is 16.9 Å². The average molecular weight is 472 g/mol. The highest BCUT2D eigenvalue weighted by Crippen LogP contribution is 2.28. The van der Waals surface area contributed by atoms with Gasteiger partial charge in [-0.05, 0) is 43.3 Å². The van der Waals surface area contributed by atoms with Crippen LogP contribution in [-0.2, 0) is 9.53 Å². The van der Waals surface area contributed by atoms with Gasteiger partial charge >= 0.3 is 5.97 Å². The Balaban J connectivity index is 1.66. The Kier molecular flexibility index (Phi) is 7.11. The zero-order chi connectivity index (χ0) is 24.8. The lowest BCUT2D eigenvalue weighted by Crippen LogP contribution is -2.14. The Labute approximate surface area is 203 Å². The number of methoxy groups -OCH3 is 2. The monoisotopic (exact) mass is 471 g/mol. The first-order valence-electron chi connectivity index (χ1n) is 10.9. The third-order valence-corrected chi connectivity index (χ3v) is 5.28. The second kappa shape index (κ2) is 10.6. The number of carbonyl (C=O) groups excluding carboxylic acids is 2. The summed E-state index contributed by atoms with van der Waals surface area (Å²) in [6.45, 7) is 1.79. The molecule has 0 bridgehead atoms. The number of carbonyl (C=O) groups is 2. The van der Waals surface area contributed by atoms with Crippen molar-refractivity contribution in [3.8, 4) is 28.4 Å². The number of aromatic nitrogens is 2. The molecular formula is C27H25N3O5. The molecule has 1 N–H and O–H groups in total. The third-order valence-electron chi connectivity index (χ3n) is 5.28. The molecule has 0 fully saturated rings. The van der Waals surface area contributed by atoms with Gasteiger partial charge in [-0.3, -0.25) is 4.79 Å². The number of hydrogen-bond donors (Lipinski definition) is 1. The van der Waals surface area contributed by atoms with Gasteiger partial charge in [0.25, 0.3) is 5.91 Å². The molecule has 178 valence electrons. The van der Waals surface area contributed by atoms with E-state index in [0.29, 0.717) is 28.4 Å². The Bertz CT molecular complexity index is 1350. The molecule has 0 aliphatic rings. The number of hydrogen-bond acceptors (Lipinski definition) is 6. The van der Waals surface area contributed by atoms with Gasteiger partial charge in [-0.15, -0.1) is 0 Å². The molecular weight excluding hydrogens is 446 g/mol. The number of benzene rings is 3. The van der Waals surface area contributed by atoms with E-state index < -0.39 is 5.97 Å². The van der Waals surface area contributed by atoms with E-state index in [1.807, 2.05) is 55.5 Å². The van der Waals surface area contributed by atoms with Gasteiger partial charge in [-0.25, -0.2) is 9.48 Å².